The quantitative estimate of drug-likeness (QED) is 0.0740. The third kappa shape index (κ3) is 7.11. The summed E-state index contributed by atoms with van der Waals surface area (Å²) in [6, 6.07) is 17.6. The zero-order valence-corrected chi connectivity index (χ0v) is 24.8. The van der Waals surface area contributed by atoms with Crippen LogP contribution in [0.2, 0.25) is 0 Å². The highest BCUT2D eigenvalue weighted by Gasteiger charge is 2.34. The molecule has 3 aromatic carbocycles. The summed E-state index contributed by atoms with van der Waals surface area (Å²) in [5, 5.41) is 24.3. The first-order valence-corrected chi connectivity index (χ1v) is 15.0. The van der Waals surface area contributed by atoms with Crippen LogP contribution >= 0.6 is 11.8 Å². The van der Waals surface area contributed by atoms with E-state index in [1.54, 1.807) is 30.3 Å². The molecule has 1 aliphatic heterocycles. The summed E-state index contributed by atoms with van der Waals surface area (Å²) in [7, 11) is 0. The minimum absolute atomic E-state index is 0.0449. The molecular weight excluding hydrogens is 584 g/mol. The maximum Gasteiger partial charge on any atom is 0.300 e. The van der Waals surface area contributed by atoms with Crippen LogP contribution in [0.15, 0.2) is 70.2 Å². The molecule has 1 aromatic heterocycles. The van der Waals surface area contributed by atoms with Crippen LogP contribution in [-0.2, 0) is 11.2 Å². The van der Waals surface area contributed by atoms with Gasteiger partial charge in [-0.05, 0) is 88.9 Å². The Kier molecular flexibility index (Phi) is 9.65. The van der Waals surface area contributed by atoms with Crippen molar-refractivity contribution in [3.05, 3.63) is 92.4 Å². The Morgan fingerprint density at radius 2 is 1.70 bits per heavy atom. The lowest BCUT2D eigenvalue weighted by atomic mass is 10.1. The van der Waals surface area contributed by atoms with Crippen LogP contribution in [-0.4, -0.2) is 50.3 Å². The average molecular weight is 615 g/mol. The first kappa shape index (κ1) is 30.4. The highest BCUT2D eigenvalue weighted by molar-refractivity contribution is 8.18. The number of rotatable bonds is 13. The molecule has 4 aromatic rings. The molecule has 2 heterocycles. The van der Waals surface area contributed by atoms with Gasteiger partial charge < -0.3 is 10.6 Å². The highest BCUT2D eigenvalue weighted by Crippen LogP contribution is 2.33. The number of aromatic nitrogens is 2. The molecule has 0 spiro atoms. The molecule has 0 unspecified atom stereocenters. The molecule has 0 radical (unpaired) electrons. The number of thioether (sulfide) groups is 1. The lowest BCUT2D eigenvalue weighted by Crippen LogP contribution is -2.29. The topological polar surface area (TPSA) is 161 Å². The molecule has 0 bridgehead atoms. The summed E-state index contributed by atoms with van der Waals surface area (Å²) < 4.78 is 4.68. The van der Waals surface area contributed by atoms with Crippen molar-refractivity contribution in [3.63, 3.8) is 0 Å². The predicted molar refractivity (Wildman–Crippen MR) is 167 cm³/mol. The van der Waals surface area contributed by atoms with Crippen molar-refractivity contribution in [2.24, 2.45) is 0 Å². The fourth-order valence-electron chi connectivity index (χ4n) is 4.71. The first-order valence-electron chi connectivity index (χ1n) is 14.2. The van der Waals surface area contributed by atoms with E-state index in [0.29, 0.717) is 41.4 Å². The van der Waals surface area contributed by atoms with E-state index in [1.807, 2.05) is 24.3 Å². The number of carbonyl (C=O) groups excluding carboxylic acids is 3. The van der Waals surface area contributed by atoms with Gasteiger partial charge in [-0.25, -0.2) is 4.63 Å². The zero-order chi connectivity index (χ0) is 31.1. The Morgan fingerprint density at radius 3 is 2.43 bits per heavy atom. The van der Waals surface area contributed by atoms with Crippen molar-refractivity contribution >= 4 is 63.0 Å². The summed E-state index contributed by atoms with van der Waals surface area (Å²) in [5.41, 5.74) is 3.81. The van der Waals surface area contributed by atoms with Gasteiger partial charge in [0.25, 0.3) is 17.1 Å². The maximum absolute atomic E-state index is 12.7. The molecule has 1 fully saturated rings. The number of non-ortho nitro benzene ring substituents is 1. The molecule has 0 saturated carbocycles. The number of fused-ring (bicyclic) bond motifs is 1. The van der Waals surface area contributed by atoms with Gasteiger partial charge in [-0.3, -0.25) is 29.4 Å². The third-order valence-corrected chi connectivity index (χ3v) is 8.08. The van der Waals surface area contributed by atoms with E-state index in [0.717, 1.165) is 43.0 Å². The summed E-state index contributed by atoms with van der Waals surface area (Å²) in [6.07, 6.45) is 5.85. The highest BCUT2D eigenvalue weighted by atomic mass is 32.2. The zero-order valence-electron chi connectivity index (χ0n) is 23.9. The van der Waals surface area contributed by atoms with Crippen LogP contribution in [0.1, 0.15) is 54.1 Å². The summed E-state index contributed by atoms with van der Waals surface area (Å²) in [4.78, 5) is 50.1. The van der Waals surface area contributed by atoms with Crippen LogP contribution in [0.25, 0.3) is 17.1 Å². The van der Waals surface area contributed by atoms with E-state index in [9.17, 15) is 24.5 Å². The second-order valence-electron chi connectivity index (χ2n) is 10.2. The first-order chi connectivity index (χ1) is 21.3. The van der Waals surface area contributed by atoms with Crippen LogP contribution in [0.5, 0.6) is 0 Å². The van der Waals surface area contributed by atoms with E-state index < -0.39 is 4.92 Å². The van der Waals surface area contributed by atoms with E-state index in [4.69, 9.17) is 0 Å². The molecule has 5 rings (SSSR count). The number of hydrogen-bond donors (Lipinski definition) is 2. The number of aryl methyl sites for hydroxylation is 1. The second kappa shape index (κ2) is 14.0. The molecule has 3 amide bonds. The number of carbonyl (C=O) groups is 3. The molecule has 1 saturated heterocycles. The van der Waals surface area contributed by atoms with Crippen LogP contribution in [0.3, 0.4) is 0 Å². The Hall–Kier alpha value is -5.04. The van der Waals surface area contributed by atoms with Crippen molar-refractivity contribution < 1.29 is 23.9 Å². The molecule has 0 aliphatic carbocycles. The molecular formula is C31H30N6O6S. The van der Waals surface area contributed by atoms with E-state index in [1.165, 1.54) is 22.6 Å². The second-order valence-corrected chi connectivity index (χ2v) is 11.1. The van der Waals surface area contributed by atoms with Gasteiger partial charge in [0, 0.05) is 30.4 Å². The molecule has 226 valence electrons. The van der Waals surface area contributed by atoms with Crippen molar-refractivity contribution in [1.29, 1.82) is 0 Å². The fourth-order valence-corrected chi connectivity index (χ4v) is 5.57. The van der Waals surface area contributed by atoms with Gasteiger partial charge in [-0.2, -0.15) is 0 Å². The Balaban J connectivity index is 1.02. The summed E-state index contributed by atoms with van der Waals surface area (Å²) >= 11 is 0.978. The maximum atomic E-state index is 12.7. The van der Waals surface area contributed by atoms with E-state index in [2.05, 4.69) is 32.5 Å². The number of unbranched alkanes of at least 4 members (excludes halogenated alkanes) is 3. The number of nitro groups is 1. The van der Waals surface area contributed by atoms with Gasteiger partial charge in [0.05, 0.1) is 15.5 Å². The van der Waals surface area contributed by atoms with Crippen LogP contribution < -0.4 is 10.6 Å². The molecule has 12 nitrogen and oxygen atoms in total. The Labute approximate surface area is 257 Å². The number of amides is 3. The average Bonchev–Trinajstić information content (AvgIpc) is 3.62. The van der Waals surface area contributed by atoms with Gasteiger partial charge in [-0.1, -0.05) is 44.0 Å². The number of imide groups is 1. The summed E-state index contributed by atoms with van der Waals surface area (Å²) in [5.74, 6) is -0.451. The molecule has 0 atom stereocenters. The lowest BCUT2D eigenvalue weighted by Gasteiger charge is -2.12. The number of nitrogens with zero attached hydrogens (tertiary/aromatic N) is 4. The SMILES string of the molecule is CCc1ccc(/C=C2\SC(=O)N(CCCCCCNC(=O)c3ccc(Nc4ccc([N+](=O)[O-])c5nonc45)cc3)C2=O)cc1. The van der Waals surface area contributed by atoms with Crippen molar-refractivity contribution in [3.8, 4) is 0 Å². The number of nitrogens with one attached hydrogen (secondary N) is 2. The number of nitro benzene ring substituents is 1. The van der Waals surface area contributed by atoms with Gasteiger partial charge in [0.2, 0.25) is 5.52 Å². The number of hydrogen-bond acceptors (Lipinski definition) is 10. The molecule has 44 heavy (non-hydrogen) atoms. The van der Waals surface area contributed by atoms with Gasteiger partial charge in [-0.15, -0.1) is 0 Å². The van der Waals surface area contributed by atoms with Crippen molar-refractivity contribution in [2.75, 3.05) is 18.4 Å². The normalized spacial score (nSPS) is 14.0. The van der Waals surface area contributed by atoms with Crippen molar-refractivity contribution in [2.45, 2.75) is 39.0 Å². The lowest BCUT2D eigenvalue weighted by molar-refractivity contribution is -0.383. The number of benzene rings is 3. The minimum atomic E-state index is -0.552. The molecule has 13 heteroatoms. The van der Waals surface area contributed by atoms with Gasteiger partial charge in [0.15, 0.2) is 5.52 Å². The van der Waals surface area contributed by atoms with E-state index >= 15 is 0 Å². The van der Waals surface area contributed by atoms with Crippen LogP contribution in [0.4, 0.5) is 21.9 Å². The smallest absolute Gasteiger partial charge is 0.300 e. The Bertz CT molecular complexity index is 1720. The molecule has 1 aliphatic rings. The standard InChI is InChI=1S/C31H30N6O6S/c1-2-20-7-9-21(10-8-20)19-26-30(39)36(31(40)44-26)18-6-4-3-5-17-32-29(38)22-11-13-23(14-12-22)33-24-15-16-25(37(41)42)28-27(24)34-43-35-28/h7-16,19,33H,2-6,17-18H2,1H3,(H,32,38)/b26-19-. The third-order valence-electron chi connectivity index (χ3n) is 7.17. The molecule has 2 N–H and O–H groups in total. The fraction of sp³-hybridized carbons (Fsp3) is 0.258. The van der Waals surface area contributed by atoms with E-state index in [-0.39, 0.29) is 33.8 Å². The largest absolute Gasteiger partial charge is 0.354 e. The Morgan fingerprint density at radius 1 is 0.977 bits per heavy atom. The minimum Gasteiger partial charge on any atom is -0.354 e. The van der Waals surface area contributed by atoms with Gasteiger partial charge >= 0.3 is 5.69 Å². The van der Waals surface area contributed by atoms with Crippen LogP contribution in [0, 0.1) is 10.1 Å². The van der Waals surface area contributed by atoms with Crippen molar-refractivity contribution in [1.82, 2.24) is 20.5 Å². The predicted octanol–water partition coefficient (Wildman–Crippen LogP) is 6.46. The summed E-state index contributed by atoms with van der Waals surface area (Å²) in [6.45, 7) is 2.96. The monoisotopic (exact) mass is 614 g/mol. The van der Waals surface area contributed by atoms with Gasteiger partial charge in [0.1, 0.15) is 0 Å². The number of anilines is 2.